The van der Waals surface area contributed by atoms with Gasteiger partial charge in [-0.05, 0) is 39.0 Å². The number of hydrogen-bond acceptors (Lipinski definition) is 4. The molecule has 1 saturated heterocycles. The van der Waals surface area contributed by atoms with Crippen molar-refractivity contribution < 1.29 is 9.53 Å². The fourth-order valence-corrected chi connectivity index (χ4v) is 2.97. The third kappa shape index (κ3) is 6.48. The molecular weight excluding hydrogens is 349 g/mol. The largest absolute Gasteiger partial charge is 0.496 e. The van der Waals surface area contributed by atoms with Gasteiger partial charge in [0, 0.05) is 25.1 Å². The summed E-state index contributed by atoms with van der Waals surface area (Å²) in [5, 5.41) is 6.07. The number of amides is 1. The van der Waals surface area contributed by atoms with Crippen LogP contribution in [0.5, 0.6) is 5.75 Å². The van der Waals surface area contributed by atoms with Gasteiger partial charge in [0.2, 0.25) is 5.91 Å². The number of rotatable bonds is 8. The van der Waals surface area contributed by atoms with Crippen LogP contribution in [0, 0.1) is 0 Å². The topological polar surface area (TPSA) is 53.6 Å². The lowest BCUT2D eigenvalue weighted by atomic mass is 10.0. The number of ether oxygens (including phenoxy) is 1. The molecule has 0 radical (unpaired) electrons. The number of nitrogens with one attached hydrogen (secondary N) is 2. The highest BCUT2D eigenvalue weighted by Crippen LogP contribution is 2.31. The summed E-state index contributed by atoms with van der Waals surface area (Å²) in [5.41, 5.74) is 1.15. The number of methoxy groups -OCH3 is 1. The highest BCUT2D eigenvalue weighted by Gasteiger charge is 2.26. The molecule has 0 aromatic heterocycles. The highest BCUT2D eigenvalue weighted by molar-refractivity contribution is 5.85. The Morgan fingerprint density at radius 3 is 2.54 bits per heavy atom. The standard InChI is InChI=1S/C17H27N3O2.2ClH/c1-18-10-9-17(21)19-13-15(20-11-5-6-12-20)14-7-3-4-8-16(14)22-2;;/h3-4,7-8,15,18H,5-6,9-13H2,1-2H3,(H,19,21);2*1H. The van der Waals surface area contributed by atoms with Crippen molar-refractivity contribution in [1.82, 2.24) is 15.5 Å². The Labute approximate surface area is 157 Å². The van der Waals surface area contributed by atoms with E-state index in [4.69, 9.17) is 4.74 Å². The summed E-state index contributed by atoms with van der Waals surface area (Å²) in [5.74, 6) is 0.984. The van der Waals surface area contributed by atoms with Crippen LogP contribution < -0.4 is 15.4 Å². The van der Waals surface area contributed by atoms with Gasteiger partial charge in [0.25, 0.3) is 0 Å². The molecule has 1 heterocycles. The lowest BCUT2D eigenvalue weighted by molar-refractivity contribution is -0.121. The van der Waals surface area contributed by atoms with E-state index in [1.165, 1.54) is 12.8 Å². The lowest BCUT2D eigenvalue weighted by Crippen LogP contribution is -2.37. The molecule has 2 rings (SSSR count). The summed E-state index contributed by atoms with van der Waals surface area (Å²) in [4.78, 5) is 14.3. The van der Waals surface area contributed by atoms with Gasteiger partial charge in [0.1, 0.15) is 5.75 Å². The van der Waals surface area contributed by atoms with E-state index in [9.17, 15) is 4.79 Å². The first kappa shape index (κ1) is 23.0. The Morgan fingerprint density at radius 2 is 1.92 bits per heavy atom. The molecule has 7 heteroatoms. The second-order valence-corrected chi connectivity index (χ2v) is 5.66. The summed E-state index contributed by atoms with van der Waals surface area (Å²) < 4.78 is 5.51. The average molecular weight is 378 g/mol. The van der Waals surface area contributed by atoms with E-state index in [0.717, 1.165) is 24.4 Å². The van der Waals surface area contributed by atoms with Gasteiger partial charge in [-0.25, -0.2) is 0 Å². The van der Waals surface area contributed by atoms with Crippen molar-refractivity contribution in [3.8, 4) is 5.75 Å². The van der Waals surface area contributed by atoms with Gasteiger partial charge in [-0.15, -0.1) is 24.8 Å². The van der Waals surface area contributed by atoms with Crippen molar-refractivity contribution in [1.29, 1.82) is 0 Å². The van der Waals surface area contributed by atoms with Crippen LogP contribution in [-0.4, -0.2) is 51.1 Å². The maximum Gasteiger partial charge on any atom is 0.221 e. The molecule has 1 aromatic carbocycles. The maximum absolute atomic E-state index is 11.9. The summed E-state index contributed by atoms with van der Waals surface area (Å²) in [6.45, 7) is 3.49. The van der Waals surface area contributed by atoms with Crippen molar-refractivity contribution in [3.63, 3.8) is 0 Å². The minimum Gasteiger partial charge on any atom is -0.496 e. The lowest BCUT2D eigenvalue weighted by Gasteiger charge is -2.29. The van der Waals surface area contributed by atoms with Crippen LogP contribution in [0.15, 0.2) is 24.3 Å². The zero-order valence-electron chi connectivity index (χ0n) is 14.4. The number of benzene rings is 1. The summed E-state index contributed by atoms with van der Waals surface area (Å²) in [6.07, 6.45) is 2.95. The second kappa shape index (κ2) is 12.4. The van der Waals surface area contributed by atoms with Gasteiger partial charge in [-0.3, -0.25) is 9.69 Å². The van der Waals surface area contributed by atoms with E-state index >= 15 is 0 Å². The molecule has 1 amide bonds. The third-order valence-corrected chi connectivity index (χ3v) is 4.17. The van der Waals surface area contributed by atoms with E-state index in [1.54, 1.807) is 7.11 Å². The van der Waals surface area contributed by atoms with Gasteiger partial charge in [0.15, 0.2) is 0 Å². The molecule has 0 aliphatic carbocycles. The van der Waals surface area contributed by atoms with Crippen LogP contribution in [0.1, 0.15) is 30.9 Å². The average Bonchev–Trinajstić information content (AvgIpc) is 3.07. The van der Waals surface area contributed by atoms with Gasteiger partial charge in [-0.1, -0.05) is 18.2 Å². The molecule has 138 valence electrons. The zero-order chi connectivity index (χ0) is 15.8. The Kier molecular flexibility index (Phi) is 11.8. The van der Waals surface area contributed by atoms with Crippen LogP contribution in [0.4, 0.5) is 0 Å². The quantitative estimate of drug-likeness (QED) is 0.730. The minimum atomic E-state index is 0. The smallest absolute Gasteiger partial charge is 0.221 e. The van der Waals surface area contributed by atoms with Crippen molar-refractivity contribution in [2.45, 2.75) is 25.3 Å². The summed E-state index contributed by atoms with van der Waals surface area (Å²) in [7, 11) is 3.56. The van der Waals surface area contributed by atoms with Crippen LogP contribution in [0.3, 0.4) is 0 Å². The fourth-order valence-electron chi connectivity index (χ4n) is 2.97. The number of carbonyl (C=O) groups is 1. The number of carbonyl (C=O) groups excluding carboxylic acids is 1. The van der Waals surface area contributed by atoms with Crippen LogP contribution in [-0.2, 0) is 4.79 Å². The molecule has 24 heavy (non-hydrogen) atoms. The van der Waals surface area contributed by atoms with Crippen molar-refractivity contribution in [2.24, 2.45) is 0 Å². The first-order chi connectivity index (χ1) is 10.8. The van der Waals surface area contributed by atoms with E-state index < -0.39 is 0 Å². The van der Waals surface area contributed by atoms with E-state index in [1.807, 2.05) is 25.2 Å². The second-order valence-electron chi connectivity index (χ2n) is 5.66. The predicted molar refractivity (Wildman–Crippen MR) is 103 cm³/mol. The predicted octanol–water partition coefficient (Wildman–Crippen LogP) is 2.40. The zero-order valence-corrected chi connectivity index (χ0v) is 16.0. The van der Waals surface area contributed by atoms with Crippen molar-refractivity contribution in [3.05, 3.63) is 29.8 Å². The summed E-state index contributed by atoms with van der Waals surface area (Å²) in [6, 6.07) is 8.28. The van der Waals surface area contributed by atoms with Crippen molar-refractivity contribution >= 4 is 30.7 Å². The van der Waals surface area contributed by atoms with E-state index in [-0.39, 0.29) is 36.8 Å². The van der Waals surface area contributed by atoms with Crippen LogP contribution in [0.2, 0.25) is 0 Å². The van der Waals surface area contributed by atoms with Gasteiger partial charge in [0.05, 0.1) is 13.2 Å². The van der Waals surface area contributed by atoms with E-state index in [2.05, 4.69) is 21.6 Å². The molecule has 0 saturated carbocycles. The molecular formula is C17H29Cl2N3O2. The third-order valence-electron chi connectivity index (χ3n) is 4.17. The molecule has 0 spiro atoms. The fraction of sp³-hybridized carbons (Fsp3) is 0.588. The first-order valence-corrected chi connectivity index (χ1v) is 8.04. The molecule has 1 unspecified atom stereocenters. The number of halogens is 2. The molecule has 1 aliphatic heterocycles. The van der Waals surface area contributed by atoms with Crippen molar-refractivity contribution in [2.75, 3.05) is 40.3 Å². The van der Waals surface area contributed by atoms with E-state index in [0.29, 0.717) is 19.5 Å². The van der Waals surface area contributed by atoms with Gasteiger partial charge in [-0.2, -0.15) is 0 Å². The number of likely N-dealkylation sites (tertiary alicyclic amines) is 1. The number of nitrogens with zero attached hydrogens (tertiary/aromatic N) is 1. The maximum atomic E-state index is 11.9. The Balaban J connectivity index is 0.00000264. The molecule has 1 aromatic rings. The first-order valence-electron chi connectivity index (χ1n) is 8.04. The molecule has 1 fully saturated rings. The molecule has 1 atom stereocenters. The monoisotopic (exact) mass is 377 g/mol. The Morgan fingerprint density at radius 1 is 1.25 bits per heavy atom. The Bertz CT molecular complexity index is 483. The summed E-state index contributed by atoms with van der Waals surface area (Å²) >= 11 is 0. The molecule has 0 bridgehead atoms. The number of para-hydroxylation sites is 1. The van der Waals surface area contributed by atoms with Crippen LogP contribution in [0.25, 0.3) is 0 Å². The molecule has 2 N–H and O–H groups in total. The minimum absolute atomic E-state index is 0. The van der Waals surface area contributed by atoms with Gasteiger partial charge < -0.3 is 15.4 Å². The Hall–Kier alpha value is -1.01. The normalized spacial score (nSPS) is 15.1. The SMILES string of the molecule is CNCCC(=O)NCC(c1ccccc1OC)N1CCCC1.Cl.Cl. The number of hydrogen-bond donors (Lipinski definition) is 2. The van der Waals surface area contributed by atoms with Crippen LogP contribution >= 0.6 is 24.8 Å². The molecule has 1 aliphatic rings. The highest BCUT2D eigenvalue weighted by atomic mass is 35.5. The van der Waals surface area contributed by atoms with Gasteiger partial charge >= 0.3 is 0 Å². The molecule has 5 nitrogen and oxygen atoms in total.